The van der Waals surface area contributed by atoms with Gasteiger partial charge in [-0.1, -0.05) is 19.8 Å². The Morgan fingerprint density at radius 3 is 2.53 bits per heavy atom. The fraction of sp³-hybridized carbons (Fsp3) is 0.857. The Hall–Kier alpha value is -1.04. The van der Waals surface area contributed by atoms with Gasteiger partial charge in [0.1, 0.15) is 5.41 Å². The van der Waals surface area contributed by atoms with Crippen LogP contribution in [0.2, 0.25) is 0 Å². The summed E-state index contributed by atoms with van der Waals surface area (Å²) in [5, 5.41) is 9.21. The second-order valence-corrected chi connectivity index (χ2v) is 5.89. The Morgan fingerprint density at radius 1 is 1.35 bits per heavy atom. The van der Waals surface area contributed by atoms with Gasteiger partial charge in [0.25, 0.3) is 0 Å². The molecule has 0 aromatic carbocycles. The standard InChI is InChI=1S/C14H22N2O/c1-11-5-3-6-12(9-11)16(2)13(17)14(10-15)7-4-8-14/h11-12H,3-9H2,1-2H3. The summed E-state index contributed by atoms with van der Waals surface area (Å²) < 4.78 is 0. The van der Waals surface area contributed by atoms with E-state index in [1.807, 2.05) is 11.9 Å². The van der Waals surface area contributed by atoms with Crippen LogP contribution < -0.4 is 0 Å². The van der Waals surface area contributed by atoms with Crippen LogP contribution in [-0.2, 0) is 4.79 Å². The van der Waals surface area contributed by atoms with Crippen LogP contribution in [0.4, 0.5) is 0 Å². The van der Waals surface area contributed by atoms with E-state index in [0.29, 0.717) is 12.0 Å². The second-order valence-electron chi connectivity index (χ2n) is 5.89. The molecule has 0 radical (unpaired) electrons. The van der Waals surface area contributed by atoms with E-state index >= 15 is 0 Å². The van der Waals surface area contributed by atoms with Crippen LogP contribution in [0.1, 0.15) is 51.9 Å². The molecule has 94 valence electrons. The average Bonchev–Trinajstić information content (AvgIpc) is 2.27. The van der Waals surface area contributed by atoms with E-state index in [2.05, 4.69) is 13.0 Å². The summed E-state index contributed by atoms with van der Waals surface area (Å²) in [7, 11) is 1.89. The molecule has 0 saturated heterocycles. The quantitative estimate of drug-likeness (QED) is 0.737. The molecule has 0 aromatic rings. The van der Waals surface area contributed by atoms with Gasteiger partial charge in [-0.3, -0.25) is 4.79 Å². The van der Waals surface area contributed by atoms with Crippen LogP contribution >= 0.6 is 0 Å². The minimum Gasteiger partial charge on any atom is -0.341 e. The average molecular weight is 234 g/mol. The van der Waals surface area contributed by atoms with Crippen molar-refractivity contribution < 1.29 is 4.79 Å². The summed E-state index contributed by atoms with van der Waals surface area (Å²) >= 11 is 0. The molecule has 3 heteroatoms. The second kappa shape index (κ2) is 4.68. The number of nitriles is 1. The zero-order valence-electron chi connectivity index (χ0n) is 10.9. The molecular formula is C14H22N2O. The molecule has 0 aliphatic heterocycles. The third kappa shape index (κ3) is 2.18. The number of nitrogens with zero attached hydrogens (tertiary/aromatic N) is 2. The molecule has 2 aliphatic rings. The van der Waals surface area contributed by atoms with Crippen molar-refractivity contribution in [3.8, 4) is 6.07 Å². The van der Waals surface area contributed by atoms with Gasteiger partial charge in [0, 0.05) is 13.1 Å². The van der Waals surface area contributed by atoms with Crippen LogP contribution in [0, 0.1) is 22.7 Å². The highest BCUT2D eigenvalue weighted by Gasteiger charge is 2.47. The molecule has 2 fully saturated rings. The van der Waals surface area contributed by atoms with Gasteiger partial charge in [-0.05, 0) is 38.0 Å². The molecule has 0 N–H and O–H groups in total. The summed E-state index contributed by atoms with van der Waals surface area (Å²) in [4.78, 5) is 14.3. The number of carbonyl (C=O) groups is 1. The maximum absolute atomic E-state index is 12.4. The summed E-state index contributed by atoms with van der Waals surface area (Å²) in [6.07, 6.45) is 7.24. The van der Waals surface area contributed by atoms with Gasteiger partial charge in [0.05, 0.1) is 6.07 Å². The molecule has 17 heavy (non-hydrogen) atoms. The first kappa shape index (κ1) is 12.4. The molecule has 2 atom stereocenters. The van der Waals surface area contributed by atoms with E-state index in [9.17, 15) is 10.1 Å². The normalized spacial score (nSPS) is 31.1. The number of hydrogen-bond donors (Lipinski definition) is 0. The Labute approximate surface area is 104 Å². The molecule has 2 saturated carbocycles. The highest BCUT2D eigenvalue weighted by atomic mass is 16.2. The van der Waals surface area contributed by atoms with Crippen LogP contribution in [0.3, 0.4) is 0 Å². The topological polar surface area (TPSA) is 44.1 Å². The third-order valence-electron chi connectivity index (χ3n) is 4.61. The third-order valence-corrected chi connectivity index (χ3v) is 4.61. The molecule has 2 unspecified atom stereocenters. The van der Waals surface area contributed by atoms with Crippen LogP contribution in [-0.4, -0.2) is 23.9 Å². The fourth-order valence-electron chi connectivity index (χ4n) is 3.16. The smallest absolute Gasteiger partial charge is 0.243 e. The molecule has 0 heterocycles. The maximum Gasteiger partial charge on any atom is 0.243 e. The van der Waals surface area contributed by atoms with Gasteiger partial charge in [0.2, 0.25) is 5.91 Å². The number of hydrogen-bond acceptors (Lipinski definition) is 2. The lowest BCUT2D eigenvalue weighted by atomic mass is 9.68. The van der Waals surface area contributed by atoms with Crippen LogP contribution in [0.25, 0.3) is 0 Å². The van der Waals surface area contributed by atoms with Crippen molar-refractivity contribution in [2.24, 2.45) is 11.3 Å². The Morgan fingerprint density at radius 2 is 2.06 bits per heavy atom. The lowest BCUT2D eigenvalue weighted by Crippen LogP contribution is -2.50. The van der Waals surface area contributed by atoms with Crippen molar-refractivity contribution in [1.29, 1.82) is 5.26 Å². The highest BCUT2D eigenvalue weighted by molar-refractivity contribution is 5.86. The van der Waals surface area contributed by atoms with Gasteiger partial charge >= 0.3 is 0 Å². The van der Waals surface area contributed by atoms with Gasteiger partial charge in [-0.2, -0.15) is 5.26 Å². The minimum atomic E-state index is -0.671. The van der Waals surface area contributed by atoms with Gasteiger partial charge < -0.3 is 4.90 Å². The summed E-state index contributed by atoms with van der Waals surface area (Å²) in [6, 6.07) is 2.61. The predicted molar refractivity (Wildman–Crippen MR) is 66.1 cm³/mol. The molecule has 3 nitrogen and oxygen atoms in total. The number of rotatable bonds is 2. The van der Waals surface area contributed by atoms with E-state index in [0.717, 1.165) is 32.1 Å². The van der Waals surface area contributed by atoms with E-state index in [1.165, 1.54) is 12.8 Å². The van der Waals surface area contributed by atoms with Crippen molar-refractivity contribution in [1.82, 2.24) is 4.90 Å². The molecule has 0 spiro atoms. The monoisotopic (exact) mass is 234 g/mol. The van der Waals surface area contributed by atoms with Crippen molar-refractivity contribution in [3.63, 3.8) is 0 Å². The lowest BCUT2D eigenvalue weighted by Gasteiger charge is -2.41. The van der Waals surface area contributed by atoms with E-state index in [1.54, 1.807) is 0 Å². The zero-order valence-corrected chi connectivity index (χ0v) is 10.9. The highest BCUT2D eigenvalue weighted by Crippen LogP contribution is 2.42. The number of carbonyl (C=O) groups excluding carboxylic acids is 1. The lowest BCUT2D eigenvalue weighted by molar-refractivity contribution is -0.144. The Balaban J connectivity index is 2.02. The van der Waals surface area contributed by atoms with Gasteiger partial charge in [-0.25, -0.2) is 0 Å². The van der Waals surface area contributed by atoms with Crippen LogP contribution in [0.5, 0.6) is 0 Å². The van der Waals surface area contributed by atoms with E-state index in [-0.39, 0.29) is 5.91 Å². The van der Waals surface area contributed by atoms with Gasteiger partial charge in [-0.15, -0.1) is 0 Å². The Kier molecular flexibility index (Phi) is 3.42. The molecule has 2 aliphatic carbocycles. The summed E-state index contributed by atoms with van der Waals surface area (Å²) in [6.45, 7) is 2.26. The number of amides is 1. The predicted octanol–water partition coefficient (Wildman–Crippen LogP) is 2.72. The molecule has 0 aromatic heterocycles. The van der Waals surface area contributed by atoms with Crippen molar-refractivity contribution >= 4 is 5.91 Å². The van der Waals surface area contributed by atoms with E-state index < -0.39 is 5.41 Å². The van der Waals surface area contributed by atoms with Crippen LogP contribution in [0.15, 0.2) is 0 Å². The Bertz CT molecular complexity index is 341. The fourth-order valence-corrected chi connectivity index (χ4v) is 3.16. The molecular weight excluding hydrogens is 212 g/mol. The zero-order chi connectivity index (χ0) is 12.5. The van der Waals surface area contributed by atoms with Crippen molar-refractivity contribution in [3.05, 3.63) is 0 Å². The van der Waals surface area contributed by atoms with Gasteiger partial charge in [0.15, 0.2) is 0 Å². The minimum absolute atomic E-state index is 0.0744. The largest absolute Gasteiger partial charge is 0.341 e. The van der Waals surface area contributed by atoms with Crippen molar-refractivity contribution in [2.75, 3.05) is 7.05 Å². The molecule has 1 amide bonds. The first-order valence-corrected chi connectivity index (χ1v) is 6.77. The van der Waals surface area contributed by atoms with E-state index in [4.69, 9.17) is 0 Å². The summed E-state index contributed by atoms with van der Waals surface area (Å²) in [5.41, 5.74) is -0.671. The first-order valence-electron chi connectivity index (χ1n) is 6.77. The molecule has 0 bridgehead atoms. The van der Waals surface area contributed by atoms with Crippen molar-refractivity contribution in [2.45, 2.75) is 57.9 Å². The molecule has 2 rings (SSSR count). The first-order chi connectivity index (χ1) is 8.09. The summed E-state index contributed by atoms with van der Waals surface area (Å²) in [5.74, 6) is 0.786. The maximum atomic E-state index is 12.4. The SMILES string of the molecule is CC1CCCC(N(C)C(=O)C2(C#N)CCC2)C1.